The van der Waals surface area contributed by atoms with Gasteiger partial charge in [0.15, 0.2) is 0 Å². The van der Waals surface area contributed by atoms with Crippen LogP contribution in [0, 0.1) is 0 Å². The zero-order valence-corrected chi connectivity index (χ0v) is 13.6. The molecule has 128 valence electrons. The van der Waals surface area contributed by atoms with Gasteiger partial charge in [0.2, 0.25) is 0 Å². The Morgan fingerprint density at radius 2 is 1.52 bits per heavy atom. The van der Waals surface area contributed by atoms with Crippen LogP contribution < -0.4 is 4.74 Å². The maximum Gasteiger partial charge on any atom is 0.341 e. The summed E-state index contributed by atoms with van der Waals surface area (Å²) in [5.74, 6) is -2.28. The number of hydrogen-bond acceptors (Lipinski definition) is 7. The molecule has 0 aromatic heterocycles. The van der Waals surface area contributed by atoms with Crippen molar-refractivity contribution in [3.05, 3.63) is 29.3 Å². The van der Waals surface area contributed by atoms with E-state index in [2.05, 4.69) is 0 Å². The number of para-hydroxylation sites is 1. The summed E-state index contributed by atoms with van der Waals surface area (Å²) in [5, 5.41) is 0. The van der Waals surface area contributed by atoms with Gasteiger partial charge in [-0.3, -0.25) is 4.55 Å². The van der Waals surface area contributed by atoms with E-state index in [-0.39, 0.29) is 30.1 Å². The van der Waals surface area contributed by atoms with E-state index in [1.54, 1.807) is 13.8 Å². The molecule has 9 heteroatoms. The topological polar surface area (TPSA) is 116 Å². The summed E-state index contributed by atoms with van der Waals surface area (Å²) in [7, 11) is -4.24. The van der Waals surface area contributed by atoms with Gasteiger partial charge in [0.25, 0.3) is 10.1 Å². The van der Waals surface area contributed by atoms with Gasteiger partial charge in [-0.1, -0.05) is 6.07 Å². The molecule has 0 atom stereocenters. The first kappa shape index (κ1) is 18.9. The van der Waals surface area contributed by atoms with E-state index in [9.17, 15) is 18.0 Å². The number of carbonyl (C=O) groups is 2. The highest BCUT2D eigenvalue weighted by atomic mass is 32.2. The van der Waals surface area contributed by atoms with Gasteiger partial charge in [-0.2, -0.15) is 8.42 Å². The van der Waals surface area contributed by atoms with E-state index in [1.807, 2.05) is 0 Å². The van der Waals surface area contributed by atoms with Gasteiger partial charge < -0.3 is 14.2 Å². The summed E-state index contributed by atoms with van der Waals surface area (Å²) < 4.78 is 45.2. The van der Waals surface area contributed by atoms with Crippen LogP contribution in [-0.4, -0.2) is 50.5 Å². The molecule has 0 aliphatic heterocycles. The third-order valence-electron chi connectivity index (χ3n) is 2.59. The van der Waals surface area contributed by atoms with E-state index >= 15 is 0 Å². The van der Waals surface area contributed by atoms with Crippen molar-refractivity contribution in [1.29, 1.82) is 0 Å². The summed E-state index contributed by atoms with van der Waals surface area (Å²) in [6, 6.07) is 4.21. The van der Waals surface area contributed by atoms with Crippen molar-refractivity contribution in [2.24, 2.45) is 0 Å². The third kappa shape index (κ3) is 5.87. The molecule has 0 spiro atoms. The summed E-state index contributed by atoms with van der Waals surface area (Å²) >= 11 is 0. The fourth-order valence-electron chi connectivity index (χ4n) is 1.68. The van der Waals surface area contributed by atoms with Gasteiger partial charge in [-0.25, -0.2) is 9.59 Å². The van der Waals surface area contributed by atoms with Crippen LogP contribution in [0.15, 0.2) is 18.2 Å². The number of benzene rings is 1. The maximum atomic E-state index is 11.9. The molecular weight excluding hydrogens is 328 g/mol. The Balaban J connectivity index is 3.16. The SMILES string of the molecule is CCOC(=O)c1cccc(C(=O)OCC)c1OCCS(=O)(=O)O. The second kappa shape index (κ2) is 8.49. The highest BCUT2D eigenvalue weighted by Gasteiger charge is 2.22. The van der Waals surface area contributed by atoms with Crippen LogP contribution in [-0.2, 0) is 19.6 Å². The first-order valence-electron chi connectivity index (χ1n) is 6.85. The summed E-state index contributed by atoms with van der Waals surface area (Å²) in [6.07, 6.45) is 0. The van der Waals surface area contributed by atoms with Crippen molar-refractivity contribution in [2.75, 3.05) is 25.6 Å². The molecule has 0 amide bonds. The van der Waals surface area contributed by atoms with Crippen LogP contribution in [0.1, 0.15) is 34.6 Å². The van der Waals surface area contributed by atoms with Crippen molar-refractivity contribution >= 4 is 22.1 Å². The average Bonchev–Trinajstić information content (AvgIpc) is 2.46. The van der Waals surface area contributed by atoms with Crippen LogP contribution >= 0.6 is 0 Å². The van der Waals surface area contributed by atoms with Gasteiger partial charge in [0, 0.05) is 0 Å². The molecule has 1 aromatic rings. The van der Waals surface area contributed by atoms with Crippen molar-refractivity contribution in [2.45, 2.75) is 13.8 Å². The molecule has 1 aromatic carbocycles. The third-order valence-corrected chi connectivity index (χ3v) is 3.28. The number of esters is 2. The maximum absolute atomic E-state index is 11.9. The van der Waals surface area contributed by atoms with E-state index < -0.39 is 34.4 Å². The lowest BCUT2D eigenvalue weighted by Gasteiger charge is -2.14. The highest BCUT2D eigenvalue weighted by molar-refractivity contribution is 7.85. The molecule has 0 unspecified atom stereocenters. The van der Waals surface area contributed by atoms with Crippen LogP contribution in [0.5, 0.6) is 5.75 Å². The molecule has 0 aliphatic rings. The van der Waals surface area contributed by atoms with Crippen LogP contribution in [0.3, 0.4) is 0 Å². The van der Waals surface area contributed by atoms with Gasteiger partial charge in [-0.05, 0) is 26.0 Å². The standard InChI is InChI=1S/C14H18O8S/c1-3-20-13(15)10-6-5-7-11(14(16)21-4-2)12(10)22-8-9-23(17,18)19/h5-7H,3-4,8-9H2,1-2H3,(H,17,18,19). The molecule has 0 radical (unpaired) electrons. The molecule has 0 saturated heterocycles. The summed E-state index contributed by atoms with van der Waals surface area (Å²) in [5.41, 5.74) is -0.0690. The van der Waals surface area contributed by atoms with Gasteiger partial charge in [0.1, 0.15) is 29.2 Å². The lowest BCUT2D eigenvalue weighted by Crippen LogP contribution is -2.17. The monoisotopic (exact) mass is 346 g/mol. The lowest BCUT2D eigenvalue weighted by molar-refractivity contribution is 0.0516. The predicted octanol–water partition coefficient (Wildman–Crippen LogP) is 1.31. The molecule has 23 heavy (non-hydrogen) atoms. The number of carbonyl (C=O) groups excluding carboxylic acids is 2. The zero-order valence-electron chi connectivity index (χ0n) is 12.8. The fourth-order valence-corrected chi connectivity index (χ4v) is 1.97. The van der Waals surface area contributed by atoms with E-state index in [0.717, 1.165) is 0 Å². The molecule has 0 heterocycles. The average molecular weight is 346 g/mol. The quantitative estimate of drug-likeness (QED) is 0.553. The second-order valence-corrected chi connectivity index (χ2v) is 5.83. The summed E-state index contributed by atoms with van der Waals surface area (Å²) in [6.45, 7) is 3.03. The van der Waals surface area contributed by atoms with Gasteiger partial charge in [-0.15, -0.1) is 0 Å². The smallest absolute Gasteiger partial charge is 0.341 e. The van der Waals surface area contributed by atoms with E-state index in [4.69, 9.17) is 18.8 Å². The Morgan fingerprint density at radius 3 is 1.91 bits per heavy atom. The Labute approximate surface area is 134 Å². The number of rotatable bonds is 8. The van der Waals surface area contributed by atoms with Crippen molar-refractivity contribution in [3.63, 3.8) is 0 Å². The molecule has 0 bridgehead atoms. The minimum Gasteiger partial charge on any atom is -0.491 e. The first-order valence-corrected chi connectivity index (χ1v) is 8.46. The zero-order chi connectivity index (χ0) is 17.5. The first-order chi connectivity index (χ1) is 10.8. The largest absolute Gasteiger partial charge is 0.491 e. The number of ether oxygens (including phenoxy) is 3. The minimum atomic E-state index is -4.24. The normalized spacial score (nSPS) is 10.9. The van der Waals surface area contributed by atoms with Crippen molar-refractivity contribution < 1.29 is 36.8 Å². The predicted molar refractivity (Wildman–Crippen MR) is 80.3 cm³/mol. The highest BCUT2D eigenvalue weighted by Crippen LogP contribution is 2.26. The molecule has 0 fully saturated rings. The molecule has 1 rings (SSSR count). The van der Waals surface area contributed by atoms with E-state index in [1.165, 1.54) is 18.2 Å². The Bertz CT molecular complexity index is 629. The Morgan fingerprint density at radius 1 is 1.04 bits per heavy atom. The molecule has 0 saturated carbocycles. The van der Waals surface area contributed by atoms with E-state index in [0.29, 0.717) is 0 Å². The number of hydrogen-bond donors (Lipinski definition) is 1. The van der Waals surface area contributed by atoms with Crippen molar-refractivity contribution in [1.82, 2.24) is 0 Å². The van der Waals surface area contributed by atoms with Gasteiger partial charge >= 0.3 is 11.9 Å². The molecule has 1 N–H and O–H groups in total. The van der Waals surface area contributed by atoms with Crippen LogP contribution in [0.4, 0.5) is 0 Å². The molecule has 0 aliphatic carbocycles. The molecule has 8 nitrogen and oxygen atoms in total. The second-order valence-electron chi connectivity index (χ2n) is 4.26. The Hall–Kier alpha value is -2.13. The summed E-state index contributed by atoms with van der Waals surface area (Å²) in [4.78, 5) is 23.9. The Kier molecular flexibility index (Phi) is 6.98. The van der Waals surface area contributed by atoms with Crippen molar-refractivity contribution in [3.8, 4) is 5.75 Å². The lowest BCUT2D eigenvalue weighted by atomic mass is 10.1. The van der Waals surface area contributed by atoms with Crippen LogP contribution in [0.25, 0.3) is 0 Å². The minimum absolute atomic E-state index is 0.0345. The molecular formula is C14H18O8S. The van der Waals surface area contributed by atoms with Crippen LogP contribution in [0.2, 0.25) is 0 Å². The fraction of sp³-hybridized carbons (Fsp3) is 0.429. The van der Waals surface area contributed by atoms with Gasteiger partial charge in [0.05, 0.1) is 13.2 Å².